The van der Waals surface area contributed by atoms with Crippen molar-refractivity contribution in [2.45, 2.75) is 44.0 Å². The van der Waals surface area contributed by atoms with Gasteiger partial charge in [-0.05, 0) is 19.8 Å². The summed E-state index contributed by atoms with van der Waals surface area (Å²) >= 11 is 1.28. The molecule has 2 rings (SSSR count). The summed E-state index contributed by atoms with van der Waals surface area (Å²) in [6, 6.07) is 0.277. The molecule has 5 nitrogen and oxygen atoms in total. The van der Waals surface area contributed by atoms with Gasteiger partial charge in [0.25, 0.3) is 0 Å². The van der Waals surface area contributed by atoms with E-state index in [1.807, 2.05) is 6.20 Å². The van der Waals surface area contributed by atoms with E-state index in [2.05, 4.69) is 23.4 Å². The van der Waals surface area contributed by atoms with Crippen LogP contribution in [0, 0.1) is 0 Å². The third kappa shape index (κ3) is 2.70. The van der Waals surface area contributed by atoms with Crippen molar-refractivity contribution in [3.05, 3.63) is 11.9 Å². The van der Waals surface area contributed by atoms with Crippen LogP contribution in [0.2, 0.25) is 0 Å². The second-order valence-electron chi connectivity index (χ2n) is 4.37. The first-order valence-corrected chi connectivity index (χ1v) is 7.14. The Labute approximate surface area is 111 Å². The highest BCUT2D eigenvalue weighted by Gasteiger charge is 2.29. The third-order valence-electron chi connectivity index (χ3n) is 3.19. The van der Waals surface area contributed by atoms with Gasteiger partial charge in [-0.3, -0.25) is 4.79 Å². The minimum Gasteiger partial charge on any atom is -0.481 e. The molecule has 100 valence electrons. The molecule has 0 amide bonds. The molecule has 1 aromatic rings. The van der Waals surface area contributed by atoms with Crippen molar-refractivity contribution in [1.82, 2.24) is 9.55 Å². The van der Waals surface area contributed by atoms with Crippen LogP contribution in [-0.4, -0.2) is 39.1 Å². The summed E-state index contributed by atoms with van der Waals surface area (Å²) in [7, 11) is 0. The lowest BCUT2D eigenvalue weighted by molar-refractivity contribution is -0.133. The van der Waals surface area contributed by atoms with Gasteiger partial charge >= 0.3 is 5.97 Å². The lowest BCUT2D eigenvalue weighted by Crippen LogP contribution is -2.19. The Bertz CT molecular complexity index is 433. The summed E-state index contributed by atoms with van der Waals surface area (Å²) < 4.78 is 7.75. The zero-order valence-electron chi connectivity index (χ0n) is 10.6. The first-order valence-electron chi connectivity index (χ1n) is 6.15. The molecule has 6 heteroatoms. The molecule has 1 saturated heterocycles. The van der Waals surface area contributed by atoms with E-state index in [1.54, 1.807) is 0 Å². The number of hydrogen-bond donors (Lipinski definition) is 1. The van der Waals surface area contributed by atoms with Gasteiger partial charge in [0, 0.05) is 18.5 Å². The molecule has 1 fully saturated rings. The Morgan fingerprint density at radius 2 is 2.50 bits per heavy atom. The van der Waals surface area contributed by atoms with E-state index in [0.29, 0.717) is 0 Å². The molecule has 2 heterocycles. The van der Waals surface area contributed by atoms with Gasteiger partial charge in [0.15, 0.2) is 5.16 Å². The quantitative estimate of drug-likeness (QED) is 0.829. The molecule has 2 unspecified atom stereocenters. The number of aryl methyl sites for hydroxylation is 1. The molecule has 2 atom stereocenters. The van der Waals surface area contributed by atoms with Crippen LogP contribution in [0.25, 0.3) is 0 Å². The smallest absolute Gasteiger partial charge is 0.313 e. The number of aromatic nitrogens is 2. The predicted molar refractivity (Wildman–Crippen MR) is 69.0 cm³/mol. The molecule has 1 aliphatic rings. The fourth-order valence-electron chi connectivity index (χ4n) is 2.29. The summed E-state index contributed by atoms with van der Waals surface area (Å²) in [5.74, 6) is -0.773. The lowest BCUT2D eigenvalue weighted by atomic mass is 10.1. The number of imidazole rings is 1. The summed E-state index contributed by atoms with van der Waals surface area (Å²) in [5, 5.41) is 9.55. The van der Waals surface area contributed by atoms with E-state index in [9.17, 15) is 4.79 Å². The van der Waals surface area contributed by atoms with Gasteiger partial charge in [0.2, 0.25) is 0 Å². The molecule has 1 aromatic heterocycles. The summed E-state index contributed by atoms with van der Waals surface area (Å²) in [6.45, 7) is 4.90. The fourth-order valence-corrected chi connectivity index (χ4v) is 3.06. The van der Waals surface area contributed by atoms with Gasteiger partial charge in [0.1, 0.15) is 0 Å². The monoisotopic (exact) mass is 270 g/mol. The molecule has 1 N–H and O–H groups in total. The van der Waals surface area contributed by atoms with Crippen molar-refractivity contribution in [1.29, 1.82) is 0 Å². The minimum absolute atomic E-state index is 0.0438. The highest BCUT2D eigenvalue weighted by atomic mass is 32.2. The van der Waals surface area contributed by atoms with Crippen LogP contribution >= 0.6 is 11.8 Å². The molecule has 0 aromatic carbocycles. The highest BCUT2D eigenvalue weighted by Crippen LogP contribution is 2.32. The summed E-state index contributed by atoms with van der Waals surface area (Å²) in [6.07, 6.45) is 3.86. The first-order chi connectivity index (χ1) is 8.63. The van der Waals surface area contributed by atoms with Gasteiger partial charge in [-0.25, -0.2) is 4.98 Å². The summed E-state index contributed by atoms with van der Waals surface area (Å²) in [4.78, 5) is 15.0. The van der Waals surface area contributed by atoms with E-state index >= 15 is 0 Å². The molecule has 0 radical (unpaired) electrons. The van der Waals surface area contributed by atoms with E-state index in [1.165, 1.54) is 11.8 Å². The zero-order valence-corrected chi connectivity index (χ0v) is 11.4. The maximum Gasteiger partial charge on any atom is 0.313 e. The number of carbonyl (C=O) groups is 1. The van der Waals surface area contributed by atoms with E-state index in [-0.39, 0.29) is 17.9 Å². The van der Waals surface area contributed by atoms with Crippen molar-refractivity contribution in [3.8, 4) is 0 Å². The van der Waals surface area contributed by atoms with Gasteiger partial charge in [-0.2, -0.15) is 0 Å². The number of thioether (sulfide) groups is 1. The molecule has 0 aliphatic carbocycles. The van der Waals surface area contributed by atoms with Crippen molar-refractivity contribution in [2.24, 2.45) is 0 Å². The standard InChI is InChI=1S/C12H18N2O3S/c1-3-9-6-13-12(18-7-11(15)16)14(9)10-4-5-17-8(10)2/h6,8,10H,3-5,7H2,1-2H3,(H,15,16). The van der Waals surface area contributed by atoms with Gasteiger partial charge in [-0.1, -0.05) is 18.7 Å². The van der Waals surface area contributed by atoms with E-state index in [0.717, 1.165) is 30.3 Å². The topological polar surface area (TPSA) is 64.3 Å². The van der Waals surface area contributed by atoms with E-state index < -0.39 is 5.97 Å². The number of ether oxygens (including phenoxy) is 1. The number of aliphatic carboxylic acids is 1. The normalized spacial score (nSPS) is 23.4. The maximum absolute atomic E-state index is 10.7. The first kappa shape index (κ1) is 13.4. The van der Waals surface area contributed by atoms with Gasteiger partial charge in [-0.15, -0.1) is 0 Å². The van der Waals surface area contributed by atoms with Crippen molar-refractivity contribution in [3.63, 3.8) is 0 Å². The van der Waals surface area contributed by atoms with Crippen molar-refractivity contribution >= 4 is 17.7 Å². The molecule has 0 spiro atoms. The van der Waals surface area contributed by atoms with Crippen LogP contribution in [-0.2, 0) is 16.0 Å². The molecule has 0 bridgehead atoms. The van der Waals surface area contributed by atoms with Crippen LogP contribution in [0.3, 0.4) is 0 Å². The Morgan fingerprint density at radius 3 is 3.06 bits per heavy atom. The van der Waals surface area contributed by atoms with E-state index in [4.69, 9.17) is 9.84 Å². The second kappa shape index (κ2) is 5.75. The molecule has 0 saturated carbocycles. The average Bonchev–Trinajstić information content (AvgIpc) is 2.91. The van der Waals surface area contributed by atoms with Crippen LogP contribution in [0.5, 0.6) is 0 Å². The Hall–Kier alpha value is -1.01. The number of nitrogens with zero attached hydrogens (tertiary/aromatic N) is 2. The maximum atomic E-state index is 10.7. The number of carboxylic acids is 1. The molecular formula is C12H18N2O3S. The number of hydrogen-bond acceptors (Lipinski definition) is 4. The van der Waals surface area contributed by atoms with Crippen LogP contribution in [0.15, 0.2) is 11.4 Å². The fraction of sp³-hybridized carbons (Fsp3) is 0.667. The third-order valence-corrected chi connectivity index (χ3v) is 4.15. The lowest BCUT2D eigenvalue weighted by Gasteiger charge is -2.20. The number of rotatable bonds is 5. The Morgan fingerprint density at radius 1 is 1.72 bits per heavy atom. The van der Waals surface area contributed by atoms with Gasteiger partial charge < -0.3 is 14.4 Å². The highest BCUT2D eigenvalue weighted by molar-refractivity contribution is 7.99. The second-order valence-corrected chi connectivity index (χ2v) is 5.31. The van der Waals surface area contributed by atoms with Crippen LogP contribution in [0.4, 0.5) is 0 Å². The Kier molecular flexibility index (Phi) is 4.29. The largest absolute Gasteiger partial charge is 0.481 e. The molecule has 1 aliphatic heterocycles. The Balaban J connectivity index is 2.24. The minimum atomic E-state index is -0.816. The predicted octanol–water partition coefficient (Wildman–Crippen LogP) is 1.97. The zero-order chi connectivity index (χ0) is 13.1. The van der Waals surface area contributed by atoms with Crippen LogP contribution < -0.4 is 0 Å². The summed E-state index contributed by atoms with van der Waals surface area (Å²) in [5.41, 5.74) is 1.14. The number of carboxylic acid groups (broad SMARTS) is 1. The van der Waals surface area contributed by atoms with Crippen molar-refractivity contribution in [2.75, 3.05) is 12.4 Å². The molecule has 18 heavy (non-hydrogen) atoms. The van der Waals surface area contributed by atoms with Crippen LogP contribution in [0.1, 0.15) is 32.0 Å². The molecular weight excluding hydrogens is 252 g/mol. The SMILES string of the molecule is CCc1cnc(SCC(=O)O)n1C1CCOC1C. The van der Waals surface area contributed by atoms with Gasteiger partial charge in [0.05, 0.1) is 17.9 Å². The average molecular weight is 270 g/mol. The van der Waals surface area contributed by atoms with Crippen molar-refractivity contribution < 1.29 is 14.6 Å².